The van der Waals surface area contributed by atoms with Crippen LogP contribution in [-0.4, -0.2) is 82.2 Å². The number of rotatable bonds is 8. The molecule has 6 atom stereocenters. The summed E-state index contributed by atoms with van der Waals surface area (Å²) in [5, 5.41) is 59.4. The number of methoxy groups -OCH3 is 1. The van der Waals surface area contributed by atoms with Crippen molar-refractivity contribution in [1.82, 2.24) is 0 Å². The maximum Gasteiger partial charge on any atom is 0.229 e. The molecular formula is C24H30O10. The quantitative estimate of drug-likeness (QED) is 0.313. The summed E-state index contributed by atoms with van der Waals surface area (Å²) in [6.45, 7) is -0.375. The number of benzene rings is 2. The normalized spacial score (nSPS) is 28.3. The van der Waals surface area contributed by atoms with Crippen molar-refractivity contribution in [2.24, 2.45) is 0 Å². The summed E-state index contributed by atoms with van der Waals surface area (Å²) in [5.74, 6) is 0.388. The first kappa shape index (κ1) is 24.5. The molecule has 2 aliphatic rings. The van der Waals surface area contributed by atoms with Crippen LogP contribution in [0.3, 0.4) is 0 Å². The van der Waals surface area contributed by atoms with Crippen molar-refractivity contribution < 1.29 is 49.6 Å². The summed E-state index contributed by atoms with van der Waals surface area (Å²) in [6, 6.07) is 8.44. The first-order chi connectivity index (χ1) is 16.4. The van der Waals surface area contributed by atoms with Crippen molar-refractivity contribution in [3.63, 3.8) is 0 Å². The fourth-order valence-electron chi connectivity index (χ4n) is 4.36. The van der Waals surface area contributed by atoms with Gasteiger partial charge in [-0.1, -0.05) is 12.1 Å². The smallest absolute Gasteiger partial charge is 0.229 e. The summed E-state index contributed by atoms with van der Waals surface area (Å²) < 4.78 is 22.5. The minimum absolute atomic E-state index is 0.0255. The highest BCUT2D eigenvalue weighted by molar-refractivity contribution is 5.55. The van der Waals surface area contributed by atoms with Gasteiger partial charge in [0.2, 0.25) is 6.29 Å². The fraction of sp³-hybridized carbons (Fsp3) is 0.500. The number of aliphatic hydroxyl groups excluding tert-OH is 5. The van der Waals surface area contributed by atoms with Gasteiger partial charge in [0.25, 0.3) is 0 Å². The fourth-order valence-corrected chi connectivity index (χ4v) is 4.36. The number of ether oxygens (including phenoxy) is 4. The molecule has 0 spiro atoms. The molecule has 0 saturated carbocycles. The van der Waals surface area contributed by atoms with E-state index in [0.717, 1.165) is 5.56 Å². The number of aliphatic hydroxyl groups is 5. The molecule has 0 unspecified atom stereocenters. The van der Waals surface area contributed by atoms with Gasteiger partial charge in [0.15, 0.2) is 23.0 Å². The number of aromatic hydroxyl groups is 1. The Hall–Kier alpha value is -2.60. The molecule has 4 rings (SSSR count). The third-order valence-electron chi connectivity index (χ3n) is 6.20. The van der Waals surface area contributed by atoms with Gasteiger partial charge in [-0.2, -0.15) is 0 Å². The summed E-state index contributed by atoms with van der Waals surface area (Å²) in [7, 11) is 1.44. The molecule has 0 bridgehead atoms. The van der Waals surface area contributed by atoms with Gasteiger partial charge in [-0.15, -0.1) is 0 Å². The topological polar surface area (TPSA) is 158 Å². The van der Waals surface area contributed by atoms with Gasteiger partial charge >= 0.3 is 0 Å². The van der Waals surface area contributed by atoms with Gasteiger partial charge < -0.3 is 49.6 Å². The molecule has 2 aliphatic heterocycles. The molecule has 34 heavy (non-hydrogen) atoms. The standard InChI is InChI=1S/C24H30O10/c1-31-19-9-13(4-5-18(19)33-24-21(30)20(29)17(28)11-32-24)22-15(10-26)14-7-12(3-2-6-25)8-16(27)23(14)34-22/h4-5,7-9,15,17,20-22,24-30H,2-3,6,10-11H2,1H3/t15-,17+,20-,21+,22+,24+/m0/s1. The van der Waals surface area contributed by atoms with Crippen LogP contribution in [0.4, 0.5) is 0 Å². The van der Waals surface area contributed by atoms with Crippen LogP contribution in [0.15, 0.2) is 30.3 Å². The predicted octanol–water partition coefficient (Wildman–Crippen LogP) is 0.353. The zero-order chi connectivity index (χ0) is 24.4. The molecule has 10 nitrogen and oxygen atoms in total. The Morgan fingerprint density at radius 3 is 2.53 bits per heavy atom. The molecule has 186 valence electrons. The predicted molar refractivity (Wildman–Crippen MR) is 118 cm³/mol. The van der Waals surface area contributed by atoms with Crippen LogP contribution in [0.5, 0.6) is 23.0 Å². The molecule has 0 amide bonds. The van der Waals surface area contributed by atoms with Crippen LogP contribution in [0.2, 0.25) is 0 Å². The average molecular weight is 478 g/mol. The van der Waals surface area contributed by atoms with Crippen LogP contribution < -0.4 is 14.2 Å². The molecular weight excluding hydrogens is 448 g/mol. The monoisotopic (exact) mass is 478 g/mol. The lowest BCUT2D eigenvalue weighted by Crippen LogP contribution is -2.54. The highest BCUT2D eigenvalue weighted by atomic mass is 16.7. The van der Waals surface area contributed by atoms with E-state index in [2.05, 4.69) is 0 Å². The Bertz CT molecular complexity index is 996. The van der Waals surface area contributed by atoms with Crippen molar-refractivity contribution in [3.05, 3.63) is 47.0 Å². The van der Waals surface area contributed by atoms with E-state index in [1.165, 1.54) is 7.11 Å². The number of hydrogen-bond donors (Lipinski definition) is 6. The molecule has 10 heteroatoms. The van der Waals surface area contributed by atoms with Crippen LogP contribution in [-0.2, 0) is 11.2 Å². The van der Waals surface area contributed by atoms with Gasteiger partial charge in [0.05, 0.1) is 26.2 Å². The lowest BCUT2D eigenvalue weighted by atomic mass is 9.90. The van der Waals surface area contributed by atoms with Gasteiger partial charge in [0, 0.05) is 12.2 Å². The molecule has 6 N–H and O–H groups in total. The largest absolute Gasteiger partial charge is 0.504 e. The summed E-state index contributed by atoms with van der Waals surface area (Å²) >= 11 is 0. The van der Waals surface area contributed by atoms with Gasteiger partial charge in [-0.25, -0.2) is 0 Å². The molecule has 1 saturated heterocycles. The van der Waals surface area contributed by atoms with Gasteiger partial charge in [0.1, 0.15) is 24.4 Å². The van der Waals surface area contributed by atoms with E-state index in [-0.39, 0.29) is 31.3 Å². The summed E-state index contributed by atoms with van der Waals surface area (Å²) in [6.07, 6.45) is -4.74. The van der Waals surface area contributed by atoms with E-state index in [0.29, 0.717) is 35.5 Å². The van der Waals surface area contributed by atoms with Crippen molar-refractivity contribution in [1.29, 1.82) is 0 Å². The van der Waals surface area contributed by atoms with E-state index in [4.69, 9.17) is 24.1 Å². The molecule has 0 aliphatic carbocycles. The second kappa shape index (κ2) is 10.3. The third kappa shape index (κ3) is 4.65. The van der Waals surface area contributed by atoms with Crippen LogP contribution in [0.1, 0.15) is 35.1 Å². The maximum absolute atomic E-state index is 10.5. The Balaban J connectivity index is 1.57. The Morgan fingerprint density at radius 1 is 1.03 bits per heavy atom. The SMILES string of the molecule is COc1cc([C@H]2Oc3c(O)cc(CCCO)cc3[C@@H]2CO)ccc1O[C@H]1OC[C@@H](O)[C@H](O)[C@H]1O. The lowest BCUT2D eigenvalue weighted by Gasteiger charge is -2.35. The van der Waals surface area contributed by atoms with E-state index < -0.39 is 36.6 Å². The van der Waals surface area contributed by atoms with Crippen LogP contribution >= 0.6 is 0 Å². The number of hydrogen-bond acceptors (Lipinski definition) is 10. The number of phenols is 1. The first-order valence-electron chi connectivity index (χ1n) is 11.1. The molecule has 2 aromatic rings. The summed E-state index contributed by atoms with van der Waals surface area (Å²) in [5.41, 5.74) is 2.19. The maximum atomic E-state index is 10.5. The molecule has 0 radical (unpaired) electrons. The van der Waals surface area contributed by atoms with Crippen LogP contribution in [0, 0.1) is 0 Å². The van der Waals surface area contributed by atoms with E-state index in [1.807, 2.05) is 6.07 Å². The first-order valence-corrected chi connectivity index (χ1v) is 11.1. The average Bonchev–Trinajstić information content (AvgIpc) is 3.22. The second-order valence-electron chi connectivity index (χ2n) is 8.47. The van der Waals surface area contributed by atoms with Gasteiger partial charge in [-0.3, -0.25) is 0 Å². The number of aryl methyl sites for hydroxylation is 1. The number of fused-ring (bicyclic) bond motifs is 1. The number of phenolic OH excluding ortho intramolecular Hbond substituents is 1. The van der Waals surface area contributed by atoms with Crippen molar-refractivity contribution in [2.75, 3.05) is 26.9 Å². The second-order valence-corrected chi connectivity index (χ2v) is 8.47. The van der Waals surface area contributed by atoms with E-state index >= 15 is 0 Å². The van der Waals surface area contributed by atoms with Crippen molar-refractivity contribution in [3.8, 4) is 23.0 Å². The van der Waals surface area contributed by atoms with Crippen molar-refractivity contribution in [2.45, 2.75) is 49.5 Å². The Morgan fingerprint density at radius 2 is 1.82 bits per heavy atom. The molecule has 1 fully saturated rings. The lowest BCUT2D eigenvalue weighted by molar-refractivity contribution is -0.242. The minimum atomic E-state index is -1.46. The zero-order valence-electron chi connectivity index (χ0n) is 18.7. The van der Waals surface area contributed by atoms with E-state index in [9.17, 15) is 25.5 Å². The molecule has 2 aromatic carbocycles. The molecule has 0 aromatic heterocycles. The third-order valence-corrected chi connectivity index (χ3v) is 6.20. The van der Waals surface area contributed by atoms with Gasteiger partial charge in [-0.05, 0) is 42.2 Å². The van der Waals surface area contributed by atoms with Crippen LogP contribution in [0.25, 0.3) is 0 Å². The van der Waals surface area contributed by atoms with E-state index in [1.54, 1.807) is 24.3 Å². The Kier molecular flexibility index (Phi) is 7.46. The summed E-state index contributed by atoms with van der Waals surface area (Å²) in [4.78, 5) is 0. The highest BCUT2D eigenvalue weighted by Gasteiger charge is 2.40. The minimum Gasteiger partial charge on any atom is -0.504 e. The van der Waals surface area contributed by atoms with Crippen molar-refractivity contribution >= 4 is 0 Å². The Labute approximate surface area is 196 Å². The highest BCUT2D eigenvalue weighted by Crippen LogP contribution is 2.51. The zero-order valence-corrected chi connectivity index (χ0v) is 18.7. The molecule has 2 heterocycles.